The Balaban J connectivity index is 1.83. The van der Waals surface area contributed by atoms with Gasteiger partial charge in [0, 0.05) is 33.8 Å². The summed E-state index contributed by atoms with van der Waals surface area (Å²) in [7, 11) is 0. The molecule has 0 aliphatic rings. The molecule has 0 aliphatic heterocycles. The second-order valence-corrected chi connectivity index (χ2v) is 5.78. The van der Waals surface area contributed by atoms with E-state index in [1.165, 1.54) is 23.5 Å². The van der Waals surface area contributed by atoms with Gasteiger partial charge in [-0.05, 0) is 18.2 Å². The van der Waals surface area contributed by atoms with Gasteiger partial charge in [0.05, 0.1) is 10.6 Å². The van der Waals surface area contributed by atoms with Gasteiger partial charge >= 0.3 is 0 Å². The summed E-state index contributed by atoms with van der Waals surface area (Å²) in [5.41, 5.74) is 2.40. The van der Waals surface area contributed by atoms with Crippen molar-refractivity contribution in [3.8, 4) is 11.3 Å². The van der Waals surface area contributed by atoms with Gasteiger partial charge in [0.25, 0.3) is 5.69 Å². The predicted molar refractivity (Wildman–Crippen MR) is 88.9 cm³/mol. The van der Waals surface area contributed by atoms with E-state index in [0.29, 0.717) is 15.8 Å². The average Bonchev–Trinajstić information content (AvgIpc) is 2.96. The molecule has 2 aromatic carbocycles. The van der Waals surface area contributed by atoms with Crippen LogP contribution < -0.4 is 5.32 Å². The van der Waals surface area contributed by atoms with E-state index in [-0.39, 0.29) is 5.69 Å². The van der Waals surface area contributed by atoms with Crippen molar-refractivity contribution in [2.45, 2.75) is 0 Å². The third-order valence-electron chi connectivity index (χ3n) is 2.93. The lowest BCUT2D eigenvalue weighted by Gasteiger charge is -2.02. The molecule has 0 spiro atoms. The van der Waals surface area contributed by atoms with E-state index < -0.39 is 4.92 Å². The summed E-state index contributed by atoms with van der Waals surface area (Å²) >= 11 is 7.40. The molecule has 0 amide bonds. The number of anilines is 2. The number of non-ortho nitro benzene ring substituents is 1. The number of rotatable bonds is 4. The van der Waals surface area contributed by atoms with E-state index >= 15 is 0 Å². The van der Waals surface area contributed by atoms with Crippen molar-refractivity contribution in [1.29, 1.82) is 0 Å². The van der Waals surface area contributed by atoms with Gasteiger partial charge < -0.3 is 5.32 Å². The molecule has 0 radical (unpaired) electrons. The van der Waals surface area contributed by atoms with Crippen LogP contribution in [0.4, 0.5) is 16.5 Å². The predicted octanol–water partition coefficient (Wildman–Crippen LogP) is 5.12. The molecule has 0 unspecified atom stereocenters. The highest BCUT2D eigenvalue weighted by Gasteiger charge is 2.08. The fourth-order valence-electron chi connectivity index (χ4n) is 1.93. The van der Waals surface area contributed by atoms with Crippen LogP contribution >= 0.6 is 22.9 Å². The minimum absolute atomic E-state index is 0.0385. The molecule has 0 aliphatic carbocycles. The molecule has 3 rings (SSSR count). The number of benzene rings is 2. The molecule has 5 nitrogen and oxygen atoms in total. The van der Waals surface area contributed by atoms with Crippen LogP contribution in [0.25, 0.3) is 11.3 Å². The first-order valence-electron chi connectivity index (χ1n) is 6.35. The zero-order valence-corrected chi connectivity index (χ0v) is 12.8. The van der Waals surface area contributed by atoms with Crippen molar-refractivity contribution in [2.75, 3.05) is 5.32 Å². The van der Waals surface area contributed by atoms with Gasteiger partial charge in [-0.3, -0.25) is 10.1 Å². The van der Waals surface area contributed by atoms with Crippen LogP contribution in [0.15, 0.2) is 53.9 Å². The average molecular weight is 332 g/mol. The van der Waals surface area contributed by atoms with E-state index in [9.17, 15) is 10.1 Å². The second-order valence-electron chi connectivity index (χ2n) is 4.48. The zero-order chi connectivity index (χ0) is 15.5. The number of halogens is 1. The van der Waals surface area contributed by atoms with E-state index in [1.807, 2.05) is 23.6 Å². The first kappa shape index (κ1) is 14.5. The SMILES string of the molecule is O=[N+]([O-])c1cccc(Nc2nc(-c3cccc(Cl)c3)cs2)c1. The Kier molecular flexibility index (Phi) is 4.04. The van der Waals surface area contributed by atoms with E-state index in [4.69, 9.17) is 11.6 Å². The Morgan fingerprint density at radius 3 is 2.77 bits per heavy atom. The summed E-state index contributed by atoms with van der Waals surface area (Å²) in [6.45, 7) is 0. The van der Waals surface area contributed by atoms with Crippen LogP contribution in [-0.4, -0.2) is 9.91 Å². The number of hydrogen-bond acceptors (Lipinski definition) is 5. The summed E-state index contributed by atoms with van der Waals surface area (Å²) in [5.74, 6) is 0. The number of thiazole rings is 1. The first-order valence-corrected chi connectivity index (χ1v) is 7.60. The number of nitro benzene ring substituents is 1. The topological polar surface area (TPSA) is 68.1 Å². The van der Waals surface area contributed by atoms with E-state index in [0.717, 1.165) is 11.3 Å². The molecule has 0 saturated carbocycles. The summed E-state index contributed by atoms with van der Waals surface area (Å²) in [5, 5.41) is 17.1. The van der Waals surface area contributed by atoms with Crippen LogP contribution in [0, 0.1) is 10.1 Å². The van der Waals surface area contributed by atoms with Crippen LogP contribution in [0.3, 0.4) is 0 Å². The summed E-state index contributed by atoms with van der Waals surface area (Å²) in [4.78, 5) is 14.8. The maximum Gasteiger partial charge on any atom is 0.271 e. The monoisotopic (exact) mass is 331 g/mol. The van der Waals surface area contributed by atoms with Gasteiger partial charge in [-0.25, -0.2) is 4.98 Å². The second kappa shape index (κ2) is 6.13. The zero-order valence-electron chi connectivity index (χ0n) is 11.2. The maximum atomic E-state index is 10.8. The third kappa shape index (κ3) is 3.24. The summed E-state index contributed by atoms with van der Waals surface area (Å²) < 4.78 is 0. The highest BCUT2D eigenvalue weighted by molar-refractivity contribution is 7.14. The molecule has 1 aromatic heterocycles. The minimum Gasteiger partial charge on any atom is -0.331 e. The standard InChI is InChI=1S/C15H10ClN3O2S/c16-11-4-1-3-10(7-11)14-9-22-15(18-14)17-12-5-2-6-13(8-12)19(20)21/h1-9H,(H,17,18). The lowest BCUT2D eigenvalue weighted by molar-refractivity contribution is -0.384. The number of nitro groups is 1. The Labute approximate surface area is 135 Å². The van der Waals surface area contributed by atoms with Crippen molar-refractivity contribution < 1.29 is 4.92 Å². The van der Waals surface area contributed by atoms with Crippen molar-refractivity contribution in [3.05, 3.63) is 69.0 Å². The minimum atomic E-state index is -0.426. The Bertz CT molecular complexity index is 835. The molecular weight excluding hydrogens is 322 g/mol. The number of hydrogen-bond donors (Lipinski definition) is 1. The molecule has 0 fully saturated rings. The van der Waals surface area contributed by atoms with Gasteiger partial charge in [-0.1, -0.05) is 29.8 Å². The van der Waals surface area contributed by atoms with Crippen LogP contribution in [0.2, 0.25) is 5.02 Å². The Morgan fingerprint density at radius 1 is 1.18 bits per heavy atom. The molecule has 1 heterocycles. The van der Waals surface area contributed by atoms with E-state index in [2.05, 4.69) is 10.3 Å². The molecule has 7 heteroatoms. The van der Waals surface area contributed by atoms with Gasteiger partial charge in [0.2, 0.25) is 0 Å². The molecule has 0 atom stereocenters. The third-order valence-corrected chi connectivity index (χ3v) is 3.93. The van der Waals surface area contributed by atoms with Crippen molar-refractivity contribution in [3.63, 3.8) is 0 Å². The quantitative estimate of drug-likeness (QED) is 0.532. The van der Waals surface area contributed by atoms with Crippen LogP contribution in [0.5, 0.6) is 0 Å². The highest BCUT2D eigenvalue weighted by Crippen LogP contribution is 2.29. The smallest absolute Gasteiger partial charge is 0.271 e. The van der Waals surface area contributed by atoms with Gasteiger partial charge in [0.1, 0.15) is 0 Å². The normalized spacial score (nSPS) is 10.4. The fourth-order valence-corrected chi connectivity index (χ4v) is 2.86. The van der Waals surface area contributed by atoms with Crippen molar-refractivity contribution >= 4 is 39.4 Å². The fraction of sp³-hybridized carbons (Fsp3) is 0. The Hall–Kier alpha value is -2.44. The first-order chi connectivity index (χ1) is 10.6. The number of aromatic nitrogens is 1. The van der Waals surface area contributed by atoms with Crippen LogP contribution in [0.1, 0.15) is 0 Å². The molecular formula is C15H10ClN3O2S. The lowest BCUT2D eigenvalue weighted by Crippen LogP contribution is -1.92. The van der Waals surface area contributed by atoms with Gasteiger partial charge in [-0.15, -0.1) is 11.3 Å². The highest BCUT2D eigenvalue weighted by atomic mass is 35.5. The maximum absolute atomic E-state index is 10.8. The molecule has 0 bridgehead atoms. The van der Waals surface area contributed by atoms with Crippen molar-refractivity contribution in [2.24, 2.45) is 0 Å². The summed E-state index contributed by atoms with van der Waals surface area (Å²) in [6.07, 6.45) is 0. The van der Waals surface area contributed by atoms with Gasteiger partial charge in [0.15, 0.2) is 5.13 Å². The molecule has 22 heavy (non-hydrogen) atoms. The number of nitrogens with zero attached hydrogens (tertiary/aromatic N) is 2. The molecule has 3 aromatic rings. The van der Waals surface area contributed by atoms with Crippen molar-refractivity contribution in [1.82, 2.24) is 4.98 Å². The molecule has 110 valence electrons. The largest absolute Gasteiger partial charge is 0.331 e. The Morgan fingerprint density at radius 2 is 2.00 bits per heavy atom. The van der Waals surface area contributed by atoms with Gasteiger partial charge in [-0.2, -0.15) is 0 Å². The lowest BCUT2D eigenvalue weighted by atomic mass is 10.2. The van der Waals surface area contributed by atoms with E-state index in [1.54, 1.807) is 18.2 Å². The molecule has 1 N–H and O–H groups in total. The van der Waals surface area contributed by atoms with Crippen LogP contribution in [-0.2, 0) is 0 Å². The summed E-state index contributed by atoms with van der Waals surface area (Å²) in [6, 6.07) is 13.8. The molecule has 0 saturated heterocycles. The number of nitrogens with one attached hydrogen (secondary N) is 1.